The maximum atomic E-state index is 12.4. The van der Waals surface area contributed by atoms with Crippen molar-refractivity contribution >= 4 is 17.3 Å². The Morgan fingerprint density at radius 2 is 1.96 bits per heavy atom. The van der Waals surface area contributed by atoms with Gasteiger partial charge < -0.3 is 14.8 Å². The molecule has 0 aromatic heterocycles. The minimum atomic E-state index is -0.479. The number of rotatable bonds is 7. The zero-order valence-electron chi connectivity index (χ0n) is 13.4. The van der Waals surface area contributed by atoms with Gasteiger partial charge in [-0.2, -0.15) is 0 Å². The minimum Gasteiger partial charge on any atom is -0.490 e. The predicted octanol–water partition coefficient (Wildman–Crippen LogP) is 3.18. The lowest BCUT2D eigenvalue weighted by molar-refractivity contribution is -0.385. The summed E-state index contributed by atoms with van der Waals surface area (Å²) in [7, 11) is 1.56. The zero-order valence-corrected chi connectivity index (χ0v) is 13.4. The van der Waals surface area contributed by atoms with E-state index in [1.54, 1.807) is 50.4 Å². The van der Waals surface area contributed by atoms with Crippen LogP contribution in [-0.4, -0.2) is 31.2 Å². The van der Waals surface area contributed by atoms with Crippen molar-refractivity contribution in [3.8, 4) is 5.75 Å². The van der Waals surface area contributed by atoms with Gasteiger partial charge in [0.25, 0.3) is 11.6 Å². The highest BCUT2D eigenvalue weighted by Crippen LogP contribution is 2.24. The molecule has 0 atom stereocenters. The molecule has 0 saturated heterocycles. The zero-order chi connectivity index (χ0) is 17.5. The fraction of sp³-hybridized carbons (Fsp3) is 0.235. The smallest absolute Gasteiger partial charge is 0.274 e. The van der Waals surface area contributed by atoms with Gasteiger partial charge in [0.15, 0.2) is 0 Å². The summed E-state index contributed by atoms with van der Waals surface area (Å²) in [5.74, 6) is 0.0230. The van der Waals surface area contributed by atoms with Gasteiger partial charge in [-0.3, -0.25) is 14.9 Å². The van der Waals surface area contributed by atoms with Gasteiger partial charge in [0.2, 0.25) is 0 Å². The maximum Gasteiger partial charge on any atom is 0.274 e. The first-order valence-corrected chi connectivity index (χ1v) is 7.30. The number of ether oxygens (including phenoxy) is 2. The van der Waals surface area contributed by atoms with Crippen molar-refractivity contribution in [1.29, 1.82) is 0 Å². The molecule has 2 aromatic carbocycles. The van der Waals surface area contributed by atoms with Crippen LogP contribution in [0.15, 0.2) is 42.5 Å². The van der Waals surface area contributed by atoms with Crippen LogP contribution < -0.4 is 10.1 Å². The quantitative estimate of drug-likeness (QED) is 0.478. The topological polar surface area (TPSA) is 90.7 Å². The summed E-state index contributed by atoms with van der Waals surface area (Å²) in [6.45, 7) is 2.36. The molecule has 0 aliphatic carbocycles. The molecule has 0 bridgehead atoms. The maximum absolute atomic E-state index is 12.4. The average molecular weight is 330 g/mol. The van der Waals surface area contributed by atoms with Crippen LogP contribution in [0, 0.1) is 17.0 Å². The van der Waals surface area contributed by atoms with Crippen LogP contribution in [-0.2, 0) is 4.74 Å². The highest BCUT2D eigenvalue weighted by Gasteiger charge is 2.15. The number of carbonyl (C=O) groups is 1. The van der Waals surface area contributed by atoms with Gasteiger partial charge in [-0.25, -0.2) is 0 Å². The second kappa shape index (κ2) is 8.07. The number of methoxy groups -OCH3 is 1. The molecule has 0 saturated carbocycles. The van der Waals surface area contributed by atoms with E-state index in [2.05, 4.69) is 5.32 Å². The number of anilines is 1. The molecule has 0 radical (unpaired) electrons. The van der Waals surface area contributed by atoms with Crippen molar-refractivity contribution in [2.75, 3.05) is 25.6 Å². The molecular weight excluding hydrogens is 312 g/mol. The number of carbonyl (C=O) groups excluding carboxylic acids is 1. The molecule has 1 amide bonds. The Balaban J connectivity index is 2.18. The summed E-state index contributed by atoms with van der Waals surface area (Å²) in [4.78, 5) is 23.0. The summed E-state index contributed by atoms with van der Waals surface area (Å²) in [5.41, 5.74) is 1.18. The number of nitrogens with zero attached hydrogens (tertiary/aromatic N) is 1. The van der Waals surface area contributed by atoms with Gasteiger partial charge in [0.1, 0.15) is 12.4 Å². The number of aryl methyl sites for hydroxylation is 1. The van der Waals surface area contributed by atoms with Gasteiger partial charge in [0.05, 0.1) is 17.1 Å². The minimum absolute atomic E-state index is 0.0440. The summed E-state index contributed by atoms with van der Waals surface area (Å²) < 4.78 is 10.4. The van der Waals surface area contributed by atoms with Crippen molar-refractivity contribution in [3.05, 3.63) is 63.7 Å². The van der Waals surface area contributed by atoms with Crippen LogP contribution >= 0.6 is 0 Å². The van der Waals surface area contributed by atoms with E-state index in [0.29, 0.717) is 35.8 Å². The number of benzene rings is 2. The van der Waals surface area contributed by atoms with Gasteiger partial charge in [-0.05, 0) is 25.1 Å². The van der Waals surface area contributed by atoms with Gasteiger partial charge in [0, 0.05) is 24.4 Å². The molecule has 1 N–H and O–H groups in total. The molecule has 2 rings (SSSR count). The summed E-state index contributed by atoms with van der Waals surface area (Å²) in [6.07, 6.45) is 0. The lowest BCUT2D eigenvalue weighted by Gasteiger charge is -2.11. The van der Waals surface area contributed by atoms with E-state index < -0.39 is 10.8 Å². The predicted molar refractivity (Wildman–Crippen MR) is 89.6 cm³/mol. The summed E-state index contributed by atoms with van der Waals surface area (Å²) in [5, 5.41) is 13.6. The molecular formula is C17H18N2O5. The number of nitrogens with one attached hydrogen (secondary N) is 1. The van der Waals surface area contributed by atoms with Crippen molar-refractivity contribution in [2.24, 2.45) is 0 Å². The molecule has 0 unspecified atom stereocenters. The fourth-order valence-corrected chi connectivity index (χ4v) is 2.10. The number of nitro groups is 1. The Hall–Kier alpha value is -2.93. The Morgan fingerprint density at radius 3 is 2.67 bits per heavy atom. The van der Waals surface area contributed by atoms with E-state index in [1.165, 1.54) is 6.07 Å². The Bertz CT molecular complexity index is 746. The van der Waals surface area contributed by atoms with Gasteiger partial charge in [-0.1, -0.05) is 18.2 Å². The van der Waals surface area contributed by atoms with Crippen molar-refractivity contribution in [1.82, 2.24) is 0 Å². The highest BCUT2D eigenvalue weighted by molar-refractivity contribution is 6.06. The van der Waals surface area contributed by atoms with E-state index in [9.17, 15) is 14.9 Å². The monoisotopic (exact) mass is 330 g/mol. The molecule has 0 heterocycles. The number of amides is 1. The molecule has 7 nitrogen and oxygen atoms in total. The molecule has 0 spiro atoms. The lowest BCUT2D eigenvalue weighted by Crippen LogP contribution is -2.15. The molecule has 0 aliphatic rings. The van der Waals surface area contributed by atoms with Crippen molar-refractivity contribution in [3.63, 3.8) is 0 Å². The Kier molecular flexibility index (Phi) is 5.86. The molecule has 126 valence electrons. The lowest BCUT2D eigenvalue weighted by atomic mass is 10.1. The molecule has 0 aliphatic heterocycles. The number of hydrogen-bond acceptors (Lipinski definition) is 5. The largest absolute Gasteiger partial charge is 0.490 e. The fourth-order valence-electron chi connectivity index (χ4n) is 2.10. The first-order chi connectivity index (χ1) is 11.5. The first kappa shape index (κ1) is 17.4. The normalized spacial score (nSPS) is 10.2. The van der Waals surface area contributed by atoms with Crippen LogP contribution in [0.4, 0.5) is 11.4 Å². The number of para-hydroxylation sites is 1. The van der Waals surface area contributed by atoms with Gasteiger partial charge >= 0.3 is 0 Å². The van der Waals surface area contributed by atoms with E-state index in [4.69, 9.17) is 9.47 Å². The standard InChI is InChI=1S/C17H18N2O5/c1-12-7-8-13(11-15(12)19(21)22)18-17(20)14-5-3-4-6-16(14)24-10-9-23-2/h3-8,11H,9-10H2,1-2H3,(H,18,20). The molecule has 0 fully saturated rings. The number of nitro benzene ring substituents is 1. The van der Waals surface area contributed by atoms with Crippen LogP contribution in [0.5, 0.6) is 5.75 Å². The van der Waals surface area contributed by atoms with E-state index in [0.717, 1.165) is 0 Å². The van der Waals surface area contributed by atoms with E-state index in [-0.39, 0.29) is 5.69 Å². The molecule has 2 aromatic rings. The third kappa shape index (κ3) is 4.30. The first-order valence-electron chi connectivity index (χ1n) is 7.30. The van der Waals surface area contributed by atoms with Crippen LogP contribution in [0.3, 0.4) is 0 Å². The third-order valence-electron chi connectivity index (χ3n) is 3.34. The second-order valence-corrected chi connectivity index (χ2v) is 5.05. The van der Waals surface area contributed by atoms with Crippen LogP contribution in [0.1, 0.15) is 15.9 Å². The Morgan fingerprint density at radius 1 is 1.21 bits per heavy atom. The second-order valence-electron chi connectivity index (χ2n) is 5.05. The summed E-state index contributed by atoms with van der Waals surface area (Å²) in [6, 6.07) is 11.3. The highest BCUT2D eigenvalue weighted by atomic mass is 16.6. The van der Waals surface area contributed by atoms with Crippen molar-refractivity contribution < 1.29 is 19.2 Å². The Labute approximate surface area is 139 Å². The van der Waals surface area contributed by atoms with E-state index >= 15 is 0 Å². The number of hydrogen-bond donors (Lipinski definition) is 1. The van der Waals surface area contributed by atoms with Crippen molar-refractivity contribution in [2.45, 2.75) is 6.92 Å². The summed E-state index contributed by atoms with van der Waals surface area (Å²) >= 11 is 0. The van der Waals surface area contributed by atoms with Gasteiger partial charge in [-0.15, -0.1) is 0 Å². The average Bonchev–Trinajstić information content (AvgIpc) is 2.57. The molecule has 24 heavy (non-hydrogen) atoms. The molecule has 7 heteroatoms. The third-order valence-corrected chi connectivity index (χ3v) is 3.34. The van der Waals surface area contributed by atoms with Crippen LogP contribution in [0.25, 0.3) is 0 Å². The van der Waals surface area contributed by atoms with Crippen LogP contribution in [0.2, 0.25) is 0 Å². The SMILES string of the molecule is COCCOc1ccccc1C(=O)Nc1ccc(C)c([N+](=O)[O-])c1. The van der Waals surface area contributed by atoms with E-state index in [1.807, 2.05) is 0 Å².